The summed E-state index contributed by atoms with van der Waals surface area (Å²) in [6.45, 7) is 2.01. The summed E-state index contributed by atoms with van der Waals surface area (Å²) in [4.78, 5) is 35.1. The van der Waals surface area contributed by atoms with E-state index < -0.39 is 5.97 Å². The van der Waals surface area contributed by atoms with Crippen molar-refractivity contribution in [3.8, 4) is 5.75 Å². The second kappa shape index (κ2) is 10.1. The number of amides is 2. The molecule has 28 heavy (non-hydrogen) atoms. The monoisotopic (exact) mass is 384 g/mol. The van der Waals surface area contributed by atoms with Crippen LogP contribution in [0.1, 0.15) is 41.6 Å². The van der Waals surface area contributed by atoms with Gasteiger partial charge in [-0.3, -0.25) is 14.4 Å². The van der Waals surface area contributed by atoms with Gasteiger partial charge in [0, 0.05) is 17.8 Å². The van der Waals surface area contributed by atoms with Gasteiger partial charge in [0.1, 0.15) is 5.75 Å². The third kappa shape index (κ3) is 5.84. The van der Waals surface area contributed by atoms with Gasteiger partial charge in [0.05, 0.1) is 19.4 Å². The van der Waals surface area contributed by atoms with Gasteiger partial charge in [-0.1, -0.05) is 19.1 Å². The second-order valence-electron chi connectivity index (χ2n) is 6.20. The van der Waals surface area contributed by atoms with Crippen LogP contribution in [0.5, 0.6) is 5.75 Å². The predicted octanol–water partition coefficient (Wildman–Crippen LogP) is 3.03. The zero-order valence-corrected chi connectivity index (χ0v) is 15.9. The average Bonchev–Trinajstić information content (AvgIpc) is 2.69. The van der Waals surface area contributed by atoms with Crippen molar-refractivity contribution in [2.75, 3.05) is 19.0 Å². The van der Waals surface area contributed by atoms with Crippen LogP contribution in [0.25, 0.3) is 0 Å². The molecular formula is C21H24N2O5. The van der Waals surface area contributed by atoms with E-state index in [-0.39, 0.29) is 30.7 Å². The van der Waals surface area contributed by atoms with Gasteiger partial charge in [-0.15, -0.1) is 0 Å². The molecule has 2 aromatic rings. The number of anilines is 1. The van der Waals surface area contributed by atoms with Crippen LogP contribution >= 0.6 is 0 Å². The zero-order chi connectivity index (χ0) is 20.5. The van der Waals surface area contributed by atoms with Crippen LogP contribution in [0.3, 0.4) is 0 Å². The standard InChI is InChI=1S/C21H24N2O5/c1-3-18(14-6-10-17(28-2)11-7-14)21(27)23-16-8-4-15(5-9-16)20(26)22-13-12-19(24)25/h4-11,18H,3,12-13H2,1-2H3,(H,22,26)(H,23,27)(H,24,25). The first-order valence-electron chi connectivity index (χ1n) is 8.99. The molecule has 3 N–H and O–H groups in total. The van der Waals surface area contributed by atoms with E-state index in [4.69, 9.17) is 9.84 Å². The Hall–Kier alpha value is -3.35. The molecule has 0 saturated heterocycles. The van der Waals surface area contributed by atoms with Crippen LogP contribution in [0.4, 0.5) is 5.69 Å². The van der Waals surface area contributed by atoms with E-state index in [1.807, 2.05) is 31.2 Å². The molecule has 2 amide bonds. The highest BCUT2D eigenvalue weighted by Crippen LogP contribution is 2.24. The summed E-state index contributed by atoms with van der Waals surface area (Å²) >= 11 is 0. The van der Waals surface area contributed by atoms with Gasteiger partial charge in [0.15, 0.2) is 0 Å². The molecule has 0 aromatic heterocycles. The average molecular weight is 384 g/mol. The van der Waals surface area contributed by atoms with Gasteiger partial charge in [-0.25, -0.2) is 0 Å². The van der Waals surface area contributed by atoms with Crippen molar-refractivity contribution in [3.63, 3.8) is 0 Å². The van der Waals surface area contributed by atoms with Crippen LogP contribution < -0.4 is 15.4 Å². The largest absolute Gasteiger partial charge is 0.497 e. The minimum atomic E-state index is -0.972. The summed E-state index contributed by atoms with van der Waals surface area (Å²) in [5, 5.41) is 14.0. The molecule has 0 radical (unpaired) electrons. The third-order valence-electron chi connectivity index (χ3n) is 4.28. The van der Waals surface area contributed by atoms with E-state index in [2.05, 4.69) is 10.6 Å². The summed E-state index contributed by atoms with van der Waals surface area (Å²) < 4.78 is 5.14. The molecule has 2 aromatic carbocycles. The van der Waals surface area contributed by atoms with E-state index in [1.165, 1.54) is 0 Å². The fraction of sp³-hybridized carbons (Fsp3) is 0.286. The minimum absolute atomic E-state index is 0.0622. The Morgan fingerprint density at radius 1 is 1.04 bits per heavy atom. The summed E-state index contributed by atoms with van der Waals surface area (Å²) in [7, 11) is 1.59. The summed E-state index contributed by atoms with van der Waals surface area (Å²) in [5.41, 5.74) is 1.87. The number of hydrogen-bond acceptors (Lipinski definition) is 4. The van der Waals surface area contributed by atoms with Gasteiger partial charge < -0.3 is 20.5 Å². The Balaban J connectivity index is 1.98. The molecule has 7 nitrogen and oxygen atoms in total. The Morgan fingerprint density at radius 2 is 1.68 bits per heavy atom. The number of carbonyl (C=O) groups excluding carboxylic acids is 2. The molecule has 2 rings (SSSR count). The molecular weight excluding hydrogens is 360 g/mol. The molecule has 0 heterocycles. The molecule has 0 fully saturated rings. The number of methoxy groups -OCH3 is 1. The summed E-state index contributed by atoms with van der Waals surface area (Å²) in [6, 6.07) is 13.8. The highest BCUT2D eigenvalue weighted by molar-refractivity contribution is 5.97. The Kier molecular flexibility index (Phi) is 7.56. The van der Waals surface area contributed by atoms with Gasteiger partial charge >= 0.3 is 5.97 Å². The van der Waals surface area contributed by atoms with Crippen molar-refractivity contribution in [2.24, 2.45) is 0 Å². The topological polar surface area (TPSA) is 105 Å². The molecule has 1 unspecified atom stereocenters. The van der Waals surface area contributed by atoms with E-state index >= 15 is 0 Å². The van der Waals surface area contributed by atoms with Crippen molar-refractivity contribution < 1.29 is 24.2 Å². The molecule has 1 atom stereocenters. The lowest BCUT2D eigenvalue weighted by Crippen LogP contribution is -2.26. The van der Waals surface area contributed by atoms with Crippen molar-refractivity contribution in [1.29, 1.82) is 0 Å². The highest BCUT2D eigenvalue weighted by atomic mass is 16.5. The lowest BCUT2D eigenvalue weighted by molar-refractivity contribution is -0.136. The molecule has 0 aliphatic heterocycles. The summed E-state index contributed by atoms with van der Waals surface area (Å²) in [5.74, 6) is -1.03. The molecule has 148 valence electrons. The van der Waals surface area contributed by atoms with Gasteiger partial charge in [0.2, 0.25) is 5.91 Å². The maximum atomic E-state index is 12.6. The smallest absolute Gasteiger partial charge is 0.305 e. The molecule has 0 spiro atoms. The summed E-state index contributed by atoms with van der Waals surface area (Å²) in [6.07, 6.45) is 0.506. The normalized spacial score (nSPS) is 11.4. The number of rotatable bonds is 9. The first-order valence-corrected chi connectivity index (χ1v) is 8.99. The van der Waals surface area contributed by atoms with Crippen molar-refractivity contribution in [2.45, 2.75) is 25.7 Å². The fourth-order valence-electron chi connectivity index (χ4n) is 2.73. The van der Waals surface area contributed by atoms with Crippen LogP contribution in [0.15, 0.2) is 48.5 Å². The number of carboxylic acid groups (broad SMARTS) is 1. The van der Waals surface area contributed by atoms with Crippen molar-refractivity contribution in [1.82, 2.24) is 5.32 Å². The van der Waals surface area contributed by atoms with E-state index in [0.29, 0.717) is 17.7 Å². The maximum absolute atomic E-state index is 12.6. The van der Waals surface area contributed by atoms with E-state index in [0.717, 1.165) is 11.3 Å². The van der Waals surface area contributed by atoms with Crippen LogP contribution in [-0.4, -0.2) is 36.5 Å². The minimum Gasteiger partial charge on any atom is -0.497 e. The number of carboxylic acids is 1. The number of hydrogen-bond donors (Lipinski definition) is 3. The van der Waals surface area contributed by atoms with Crippen molar-refractivity contribution >= 4 is 23.5 Å². The lowest BCUT2D eigenvalue weighted by atomic mass is 9.95. The van der Waals surface area contributed by atoms with E-state index in [9.17, 15) is 14.4 Å². The molecule has 0 aliphatic carbocycles. The number of benzene rings is 2. The predicted molar refractivity (Wildman–Crippen MR) is 106 cm³/mol. The fourth-order valence-corrected chi connectivity index (χ4v) is 2.73. The van der Waals surface area contributed by atoms with Crippen molar-refractivity contribution in [3.05, 3.63) is 59.7 Å². The van der Waals surface area contributed by atoms with Gasteiger partial charge in [-0.05, 0) is 48.4 Å². The quantitative estimate of drug-likeness (QED) is 0.616. The third-order valence-corrected chi connectivity index (χ3v) is 4.28. The highest BCUT2D eigenvalue weighted by Gasteiger charge is 2.19. The zero-order valence-electron chi connectivity index (χ0n) is 15.9. The molecule has 0 saturated carbocycles. The lowest BCUT2D eigenvalue weighted by Gasteiger charge is -2.16. The number of carbonyl (C=O) groups is 3. The van der Waals surface area contributed by atoms with Crippen LogP contribution in [0.2, 0.25) is 0 Å². The Morgan fingerprint density at radius 3 is 2.21 bits per heavy atom. The molecule has 7 heteroatoms. The Bertz CT molecular complexity index is 816. The molecule has 0 bridgehead atoms. The Labute approximate surface area is 163 Å². The molecule has 0 aliphatic rings. The van der Waals surface area contributed by atoms with Crippen LogP contribution in [-0.2, 0) is 9.59 Å². The number of ether oxygens (including phenoxy) is 1. The SMILES string of the molecule is CCC(C(=O)Nc1ccc(C(=O)NCCC(=O)O)cc1)c1ccc(OC)cc1. The van der Waals surface area contributed by atoms with Crippen LogP contribution in [0, 0.1) is 0 Å². The van der Waals surface area contributed by atoms with Gasteiger partial charge in [-0.2, -0.15) is 0 Å². The first kappa shape index (κ1) is 21.0. The number of aliphatic carboxylic acids is 1. The first-order chi connectivity index (χ1) is 13.4. The second-order valence-corrected chi connectivity index (χ2v) is 6.20. The van der Waals surface area contributed by atoms with E-state index in [1.54, 1.807) is 31.4 Å². The maximum Gasteiger partial charge on any atom is 0.305 e. The van der Waals surface area contributed by atoms with Gasteiger partial charge in [0.25, 0.3) is 5.91 Å². The number of nitrogens with one attached hydrogen (secondary N) is 2.